The molecule has 1 unspecified atom stereocenters. The van der Waals surface area contributed by atoms with Gasteiger partial charge in [-0.2, -0.15) is 13.2 Å². The fourth-order valence-corrected chi connectivity index (χ4v) is 1.78. The first-order valence-electron chi connectivity index (χ1n) is 5.10. The molecule has 0 aromatic heterocycles. The second-order valence-electron chi connectivity index (χ2n) is 4.27. The molecule has 0 N–H and O–H groups in total. The summed E-state index contributed by atoms with van der Waals surface area (Å²) in [5.74, 6) is 0.490. The molecule has 16 heavy (non-hydrogen) atoms. The Morgan fingerprint density at radius 1 is 1.12 bits per heavy atom. The number of hydrogen-bond acceptors (Lipinski definition) is 0. The van der Waals surface area contributed by atoms with Crippen LogP contribution < -0.4 is 0 Å². The molecule has 90 valence electrons. The van der Waals surface area contributed by atoms with E-state index < -0.39 is 11.7 Å². The van der Waals surface area contributed by atoms with Gasteiger partial charge in [0, 0.05) is 5.02 Å². The van der Waals surface area contributed by atoms with Gasteiger partial charge in [-0.3, -0.25) is 0 Å². The molecule has 1 aromatic rings. The maximum absolute atomic E-state index is 12.4. The molecule has 4 heteroatoms. The predicted octanol–water partition coefficient (Wildman–Crippen LogP) is 5.12. The Morgan fingerprint density at radius 2 is 1.69 bits per heavy atom. The van der Waals surface area contributed by atoms with E-state index in [4.69, 9.17) is 11.6 Å². The van der Waals surface area contributed by atoms with Crippen LogP contribution in [0, 0.1) is 5.92 Å². The number of benzene rings is 1. The fraction of sp³-hybridized carbons (Fsp3) is 0.500. The van der Waals surface area contributed by atoms with Crippen molar-refractivity contribution in [2.75, 3.05) is 0 Å². The van der Waals surface area contributed by atoms with Gasteiger partial charge in [-0.25, -0.2) is 0 Å². The lowest BCUT2D eigenvalue weighted by Gasteiger charge is -2.18. The van der Waals surface area contributed by atoms with Gasteiger partial charge < -0.3 is 0 Å². The topological polar surface area (TPSA) is 0 Å². The molecule has 0 nitrogen and oxygen atoms in total. The van der Waals surface area contributed by atoms with Crippen LogP contribution in [-0.2, 0) is 6.18 Å². The lowest BCUT2D eigenvalue weighted by molar-refractivity contribution is -0.137. The largest absolute Gasteiger partial charge is 0.416 e. The third-order valence-electron chi connectivity index (χ3n) is 2.82. The highest BCUT2D eigenvalue weighted by atomic mass is 35.5. The van der Waals surface area contributed by atoms with Crippen molar-refractivity contribution in [2.45, 2.75) is 32.9 Å². The van der Waals surface area contributed by atoms with Crippen LogP contribution >= 0.6 is 11.6 Å². The first kappa shape index (κ1) is 13.4. The van der Waals surface area contributed by atoms with Gasteiger partial charge in [-0.15, -0.1) is 0 Å². The molecule has 1 rings (SSSR count). The number of hydrogen-bond donors (Lipinski definition) is 0. The summed E-state index contributed by atoms with van der Waals surface area (Å²) in [5, 5.41) is 0.191. The van der Waals surface area contributed by atoms with E-state index >= 15 is 0 Å². The summed E-state index contributed by atoms with van der Waals surface area (Å²) in [4.78, 5) is 0. The first-order valence-corrected chi connectivity index (χ1v) is 5.48. The van der Waals surface area contributed by atoms with Crippen LogP contribution in [0.2, 0.25) is 5.02 Å². The molecule has 0 fully saturated rings. The standard InChI is InChI=1S/C12H14ClF3/c1-7(2)8(3)10-5-4-9(6-11(10)13)12(14,15)16/h4-8H,1-3H3. The van der Waals surface area contributed by atoms with Crippen molar-refractivity contribution in [2.24, 2.45) is 5.92 Å². The van der Waals surface area contributed by atoms with E-state index in [0.717, 1.165) is 17.7 Å². The molecule has 1 aromatic carbocycles. The molecule has 0 aliphatic rings. The van der Waals surface area contributed by atoms with Crippen molar-refractivity contribution < 1.29 is 13.2 Å². The van der Waals surface area contributed by atoms with Crippen molar-refractivity contribution in [1.82, 2.24) is 0 Å². The predicted molar refractivity (Wildman–Crippen MR) is 59.7 cm³/mol. The molecule has 0 radical (unpaired) electrons. The maximum Gasteiger partial charge on any atom is 0.416 e. The van der Waals surface area contributed by atoms with Crippen LogP contribution in [0.1, 0.15) is 37.8 Å². The third kappa shape index (κ3) is 2.91. The zero-order valence-electron chi connectivity index (χ0n) is 9.40. The van der Waals surface area contributed by atoms with Gasteiger partial charge in [0.05, 0.1) is 5.56 Å². The Kier molecular flexibility index (Phi) is 3.89. The molecule has 0 aliphatic heterocycles. The molecule has 0 spiro atoms. The van der Waals surface area contributed by atoms with E-state index in [0.29, 0.717) is 5.92 Å². The van der Waals surface area contributed by atoms with Gasteiger partial charge in [0.25, 0.3) is 0 Å². The summed E-state index contributed by atoms with van der Waals surface area (Å²) >= 11 is 5.87. The Labute approximate surface area is 98.4 Å². The number of alkyl halides is 3. The van der Waals surface area contributed by atoms with Crippen molar-refractivity contribution in [1.29, 1.82) is 0 Å². The van der Waals surface area contributed by atoms with E-state index in [1.54, 1.807) is 0 Å². The second kappa shape index (κ2) is 4.66. The molecular formula is C12H14ClF3. The Morgan fingerprint density at radius 3 is 2.06 bits per heavy atom. The SMILES string of the molecule is CC(C)C(C)c1ccc(C(F)(F)F)cc1Cl. The van der Waals surface area contributed by atoms with Gasteiger partial charge in [0.15, 0.2) is 0 Å². The number of halogens is 4. The number of rotatable bonds is 2. The molecule has 0 bridgehead atoms. The van der Waals surface area contributed by atoms with Crippen LogP contribution in [0.3, 0.4) is 0 Å². The van der Waals surface area contributed by atoms with Gasteiger partial charge in [0.1, 0.15) is 0 Å². The van der Waals surface area contributed by atoms with Gasteiger partial charge in [-0.05, 0) is 29.5 Å². The average molecular weight is 251 g/mol. The minimum Gasteiger partial charge on any atom is -0.166 e. The molecule has 0 aliphatic carbocycles. The zero-order chi connectivity index (χ0) is 12.5. The third-order valence-corrected chi connectivity index (χ3v) is 3.15. The molecule has 1 atom stereocenters. The molecular weight excluding hydrogens is 237 g/mol. The lowest BCUT2D eigenvalue weighted by Crippen LogP contribution is -2.07. The summed E-state index contributed by atoms with van der Waals surface area (Å²) in [7, 11) is 0. The second-order valence-corrected chi connectivity index (χ2v) is 4.67. The summed E-state index contributed by atoms with van der Waals surface area (Å²) in [6.07, 6.45) is -4.33. The smallest absolute Gasteiger partial charge is 0.166 e. The lowest BCUT2D eigenvalue weighted by atomic mass is 9.90. The Bertz CT molecular complexity index is 369. The van der Waals surface area contributed by atoms with Gasteiger partial charge >= 0.3 is 6.18 Å². The van der Waals surface area contributed by atoms with E-state index in [1.165, 1.54) is 6.07 Å². The van der Waals surface area contributed by atoms with Crippen molar-refractivity contribution in [3.63, 3.8) is 0 Å². The highest BCUT2D eigenvalue weighted by Crippen LogP contribution is 2.35. The zero-order valence-corrected chi connectivity index (χ0v) is 10.2. The minimum atomic E-state index is -4.33. The van der Waals surface area contributed by atoms with E-state index in [2.05, 4.69) is 0 Å². The van der Waals surface area contributed by atoms with Gasteiger partial charge in [0.2, 0.25) is 0 Å². The Hall–Kier alpha value is -0.700. The van der Waals surface area contributed by atoms with E-state index in [-0.39, 0.29) is 10.9 Å². The first-order chi connectivity index (χ1) is 7.23. The average Bonchev–Trinajstić information content (AvgIpc) is 2.15. The normalized spacial score (nSPS) is 14.2. The van der Waals surface area contributed by atoms with Crippen LogP contribution in [0.25, 0.3) is 0 Å². The highest BCUT2D eigenvalue weighted by Gasteiger charge is 2.31. The highest BCUT2D eigenvalue weighted by molar-refractivity contribution is 6.31. The van der Waals surface area contributed by atoms with Crippen molar-refractivity contribution >= 4 is 11.6 Å². The van der Waals surface area contributed by atoms with Crippen LogP contribution in [0.15, 0.2) is 18.2 Å². The van der Waals surface area contributed by atoms with E-state index in [1.807, 2.05) is 20.8 Å². The van der Waals surface area contributed by atoms with Crippen molar-refractivity contribution in [3.8, 4) is 0 Å². The maximum atomic E-state index is 12.4. The molecule has 0 amide bonds. The summed E-state index contributed by atoms with van der Waals surface area (Å²) in [5.41, 5.74) is 0.0712. The van der Waals surface area contributed by atoms with Crippen molar-refractivity contribution in [3.05, 3.63) is 34.3 Å². The summed E-state index contributed by atoms with van der Waals surface area (Å²) in [6.45, 7) is 5.98. The molecule has 0 saturated heterocycles. The minimum absolute atomic E-state index is 0.148. The van der Waals surface area contributed by atoms with Gasteiger partial charge in [-0.1, -0.05) is 38.4 Å². The monoisotopic (exact) mass is 250 g/mol. The van der Waals surface area contributed by atoms with Crippen LogP contribution in [0.4, 0.5) is 13.2 Å². The van der Waals surface area contributed by atoms with E-state index in [9.17, 15) is 13.2 Å². The molecule has 0 saturated carbocycles. The van der Waals surface area contributed by atoms with Crippen LogP contribution in [-0.4, -0.2) is 0 Å². The van der Waals surface area contributed by atoms with Crippen LogP contribution in [0.5, 0.6) is 0 Å². The summed E-state index contributed by atoms with van der Waals surface area (Å²) in [6, 6.07) is 3.55. The fourth-order valence-electron chi connectivity index (χ4n) is 1.43. The summed E-state index contributed by atoms with van der Waals surface area (Å²) < 4.78 is 37.2. The Balaban J connectivity index is 3.10. The quantitative estimate of drug-likeness (QED) is 0.684. The molecule has 0 heterocycles.